The van der Waals surface area contributed by atoms with E-state index in [9.17, 15) is 14.4 Å². The minimum Gasteiger partial charge on any atom is -0.346 e. The molecular formula is C21H29NO3. The molecule has 4 rings (SSSR count). The smallest absolute Gasteiger partial charge is 0.217 e. The van der Waals surface area contributed by atoms with Gasteiger partial charge in [-0.3, -0.25) is 14.4 Å². The van der Waals surface area contributed by atoms with Crippen LogP contribution in [0.25, 0.3) is 0 Å². The molecule has 0 heterocycles. The Kier molecular flexibility index (Phi) is 3.75. The predicted molar refractivity (Wildman–Crippen MR) is 94.7 cm³/mol. The highest BCUT2D eigenvalue weighted by atomic mass is 16.2. The number of hydrogen-bond acceptors (Lipinski definition) is 3. The Balaban J connectivity index is 1.66. The zero-order valence-corrected chi connectivity index (χ0v) is 15.6. The Morgan fingerprint density at radius 1 is 1.12 bits per heavy atom. The second kappa shape index (κ2) is 5.52. The number of nitrogens with one attached hydrogen (secondary N) is 1. The van der Waals surface area contributed by atoms with Crippen molar-refractivity contribution in [3.8, 4) is 0 Å². The molecule has 136 valence electrons. The lowest BCUT2D eigenvalue weighted by molar-refractivity contribution is -0.127. The first-order valence-electron chi connectivity index (χ1n) is 9.79. The van der Waals surface area contributed by atoms with Crippen molar-refractivity contribution in [2.45, 2.75) is 71.8 Å². The quantitative estimate of drug-likeness (QED) is 0.795. The maximum Gasteiger partial charge on any atom is 0.217 e. The van der Waals surface area contributed by atoms with Gasteiger partial charge in [0.25, 0.3) is 0 Å². The molecule has 1 N–H and O–H groups in total. The number of amides is 1. The van der Waals surface area contributed by atoms with Crippen LogP contribution in [0, 0.1) is 28.6 Å². The van der Waals surface area contributed by atoms with E-state index in [1.807, 2.05) is 6.08 Å². The summed E-state index contributed by atoms with van der Waals surface area (Å²) in [5, 5.41) is 2.95. The molecule has 4 aliphatic carbocycles. The summed E-state index contributed by atoms with van der Waals surface area (Å²) in [5.41, 5.74) is 1.38. The Morgan fingerprint density at radius 2 is 1.88 bits per heavy atom. The molecule has 0 spiro atoms. The van der Waals surface area contributed by atoms with Crippen molar-refractivity contribution in [2.24, 2.45) is 28.6 Å². The van der Waals surface area contributed by atoms with Gasteiger partial charge in [0.1, 0.15) is 0 Å². The molecule has 25 heavy (non-hydrogen) atoms. The summed E-state index contributed by atoms with van der Waals surface area (Å²) >= 11 is 0. The first kappa shape index (κ1) is 17.0. The Bertz CT molecular complexity index is 681. The van der Waals surface area contributed by atoms with E-state index in [0.717, 1.165) is 32.1 Å². The van der Waals surface area contributed by atoms with Crippen molar-refractivity contribution in [2.75, 3.05) is 0 Å². The minimum absolute atomic E-state index is 0.103. The minimum atomic E-state index is -0.311. The normalized spacial score (nSPS) is 46.0. The highest BCUT2D eigenvalue weighted by Gasteiger charge is 2.61. The second-order valence-electron chi connectivity index (χ2n) is 9.32. The van der Waals surface area contributed by atoms with E-state index < -0.39 is 0 Å². The van der Waals surface area contributed by atoms with Crippen LogP contribution in [-0.4, -0.2) is 23.5 Å². The highest BCUT2D eigenvalue weighted by molar-refractivity contribution is 5.92. The van der Waals surface area contributed by atoms with Crippen LogP contribution in [0.4, 0.5) is 0 Å². The van der Waals surface area contributed by atoms with E-state index in [2.05, 4.69) is 19.2 Å². The number of Topliss-reactive ketones (excluding diaryl/α,β-unsaturated/α-hetero) is 1. The molecule has 0 radical (unpaired) electrons. The van der Waals surface area contributed by atoms with Crippen LogP contribution < -0.4 is 5.32 Å². The standard InChI is InChI=1S/C21H29NO3/c1-12(23)22-19-18(25)11-17-15-5-4-13-10-14(24)6-8-20(13,2)16(15)7-9-21(17,19)3/h10,15-17,19H,4-9,11H2,1-3H3,(H,22,23)/t15-,16+,17+,19+,20-,21+/m0/s1. The van der Waals surface area contributed by atoms with Crippen molar-refractivity contribution in [3.63, 3.8) is 0 Å². The molecule has 0 bridgehead atoms. The summed E-state index contributed by atoms with van der Waals surface area (Å²) < 4.78 is 0. The largest absolute Gasteiger partial charge is 0.346 e. The molecule has 0 saturated heterocycles. The summed E-state index contributed by atoms with van der Waals surface area (Å²) in [4.78, 5) is 36.2. The number of carbonyl (C=O) groups is 3. The van der Waals surface area contributed by atoms with Gasteiger partial charge < -0.3 is 5.32 Å². The zero-order chi connectivity index (χ0) is 18.0. The van der Waals surface area contributed by atoms with Gasteiger partial charge in [-0.15, -0.1) is 0 Å². The highest BCUT2D eigenvalue weighted by Crippen LogP contribution is 2.64. The maximum absolute atomic E-state index is 12.7. The van der Waals surface area contributed by atoms with Crippen LogP contribution in [0.1, 0.15) is 65.7 Å². The zero-order valence-electron chi connectivity index (χ0n) is 15.6. The third-order valence-corrected chi connectivity index (χ3v) is 8.15. The number of hydrogen-bond donors (Lipinski definition) is 1. The van der Waals surface area contributed by atoms with E-state index in [-0.39, 0.29) is 34.3 Å². The van der Waals surface area contributed by atoms with Gasteiger partial charge in [0.2, 0.25) is 5.91 Å². The lowest BCUT2D eigenvalue weighted by Crippen LogP contribution is -2.54. The molecular weight excluding hydrogens is 314 g/mol. The van der Waals surface area contributed by atoms with E-state index in [4.69, 9.17) is 0 Å². The van der Waals surface area contributed by atoms with E-state index in [1.54, 1.807) is 0 Å². The molecule has 4 heteroatoms. The number of allylic oxidation sites excluding steroid dienone is 1. The van der Waals surface area contributed by atoms with Crippen LogP contribution >= 0.6 is 0 Å². The molecule has 3 fully saturated rings. The van der Waals surface area contributed by atoms with Gasteiger partial charge in [0.05, 0.1) is 6.04 Å². The Labute approximate surface area is 149 Å². The molecule has 4 aliphatic rings. The molecule has 0 aromatic rings. The third-order valence-electron chi connectivity index (χ3n) is 8.15. The van der Waals surface area contributed by atoms with Crippen LogP contribution in [0.3, 0.4) is 0 Å². The van der Waals surface area contributed by atoms with Crippen LogP contribution in [0.5, 0.6) is 0 Å². The number of rotatable bonds is 1. The van der Waals surface area contributed by atoms with Gasteiger partial charge in [0.15, 0.2) is 11.6 Å². The fourth-order valence-electron chi connectivity index (χ4n) is 6.80. The van der Waals surface area contributed by atoms with Gasteiger partial charge in [-0.1, -0.05) is 19.4 Å². The fraction of sp³-hybridized carbons (Fsp3) is 0.762. The van der Waals surface area contributed by atoms with Gasteiger partial charge >= 0.3 is 0 Å². The molecule has 3 saturated carbocycles. The monoisotopic (exact) mass is 343 g/mol. The summed E-state index contributed by atoms with van der Waals surface area (Å²) in [6.07, 6.45) is 8.33. The molecule has 1 amide bonds. The molecule has 0 unspecified atom stereocenters. The second-order valence-corrected chi connectivity index (χ2v) is 9.32. The fourth-order valence-corrected chi connectivity index (χ4v) is 6.80. The van der Waals surface area contributed by atoms with Crippen molar-refractivity contribution in [3.05, 3.63) is 11.6 Å². The molecule has 6 atom stereocenters. The molecule has 0 aromatic heterocycles. The SMILES string of the molecule is CC(=O)N[C@@H]1C(=O)C[C@@H]2[C@H]3CCC4=CC(=O)CC[C@]4(C)[C@@H]3CC[C@@]12C. The topological polar surface area (TPSA) is 63.2 Å². The van der Waals surface area contributed by atoms with Gasteiger partial charge in [-0.2, -0.15) is 0 Å². The summed E-state index contributed by atoms with van der Waals surface area (Å²) in [7, 11) is 0. The van der Waals surface area contributed by atoms with Crippen LogP contribution in [-0.2, 0) is 14.4 Å². The summed E-state index contributed by atoms with van der Waals surface area (Å²) in [6.45, 7) is 6.08. The van der Waals surface area contributed by atoms with Gasteiger partial charge in [-0.05, 0) is 66.8 Å². The summed E-state index contributed by atoms with van der Waals surface area (Å²) in [5.74, 6) is 1.88. The average molecular weight is 343 g/mol. The van der Waals surface area contributed by atoms with Gasteiger partial charge in [-0.25, -0.2) is 0 Å². The van der Waals surface area contributed by atoms with Crippen LogP contribution in [0.2, 0.25) is 0 Å². The molecule has 4 nitrogen and oxygen atoms in total. The lowest BCUT2D eigenvalue weighted by Gasteiger charge is -2.57. The Hall–Kier alpha value is -1.45. The van der Waals surface area contributed by atoms with Crippen molar-refractivity contribution in [1.82, 2.24) is 5.32 Å². The predicted octanol–water partition coefficient (Wildman–Crippen LogP) is 3.20. The third kappa shape index (κ3) is 2.36. The number of ketones is 2. The molecule has 0 aromatic carbocycles. The summed E-state index contributed by atoms with van der Waals surface area (Å²) in [6, 6.07) is -0.311. The van der Waals surface area contributed by atoms with Crippen LogP contribution in [0.15, 0.2) is 11.6 Å². The van der Waals surface area contributed by atoms with E-state index >= 15 is 0 Å². The number of carbonyl (C=O) groups excluding carboxylic acids is 3. The number of fused-ring (bicyclic) bond motifs is 5. The van der Waals surface area contributed by atoms with E-state index in [0.29, 0.717) is 30.6 Å². The van der Waals surface area contributed by atoms with E-state index in [1.165, 1.54) is 12.5 Å². The first-order chi connectivity index (χ1) is 11.8. The van der Waals surface area contributed by atoms with Crippen molar-refractivity contribution >= 4 is 17.5 Å². The lowest BCUT2D eigenvalue weighted by atomic mass is 9.47. The molecule has 0 aliphatic heterocycles. The first-order valence-corrected chi connectivity index (χ1v) is 9.79. The Morgan fingerprint density at radius 3 is 2.60 bits per heavy atom. The van der Waals surface area contributed by atoms with Crippen molar-refractivity contribution in [1.29, 1.82) is 0 Å². The van der Waals surface area contributed by atoms with Crippen molar-refractivity contribution < 1.29 is 14.4 Å². The average Bonchev–Trinajstić information content (AvgIpc) is 2.79. The maximum atomic E-state index is 12.7. The van der Waals surface area contributed by atoms with Gasteiger partial charge in [0, 0.05) is 19.8 Å².